The molecule has 115 heavy (non-hydrogen) atoms. The van der Waals surface area contributed by atoms with Crippen molar-refractivity contribution >= 4 is 36.2 Å². The molecule has 0 aromatic rings. The van der Waals surface area contributed by atoms with E-state index in [1.54, 1.807) is 28.4 Å². The summed E-state index contributed by atoms with van der Waals surface area (Å²) in [6, 6.07) is 0. The minimum atomic E-state index is -5.52. The second-order valence-electron chi connectivity index (χ2n) is 32.6. The number of hydrogen-bond donors (Lipinski definition) is 0. The Hall–Kier alpha value is -0.872. The van der Waals surface area contributed by atoms with E-state index < -0.39 is 146 Å². The third kappa shape index (κ3) is 39.1. The highest BCUT2D eigenvalue weighted by Crippen LogP contribution is 2.60. The van der Waals surface area contributed by atoms with Gasteiger partial charge in [-0.15, -0.1) is 0 Å². The minimum absolute atomic E-state index is 0. The van der Waals surface area contributed by atoms with Crippen LogP contribution in [0.5, 0.6) is 0 Å². The fraction of sp³-hybridized carbons (Fsp3) is 1.00. The van der Waals surface area contributed by atoms with Crippen molar-refractivity contribution in [2.45, 2.75) is 391 Å². The third-order valence-electron chi connectivity index (χ3n) is 23.5. The molecule has 34 heteroatoms. The van der Waals surface area contributed by atoms with Gasteiger partial charge in [0.25, 0.3) is 11.2 Å². The Balaban J connectivity index is -0.000000423. The summed E-state index contributed by atoms with van der Waals surface area (Å²) in [5.74, 6) is 1.93. The van der Waals surface area contributed by atoms with Gasteiger partial charge in [-0.2, -0.15) is 79.0 Å². The van der Waals surface area contributed by atoms with Gasteiger partial charge in [-0.05, 0) is 298 Å². The van der Waals surface area contributed by atoms with Gasteiger partial charge in [0.2, 0.25) is 0 Å². The quantitative estimate of drug-likeness (QED) is 0.0445. The van der Waals surface area contributed by atoms with Gasteiger partial charge < -0.3 is 55.6 Å². The lowest BCUT2D eigenvalue weighted by molar-refractivity contribution is -0.416. The van der Waals surface area contributed by atoms with E-state index in [-0.39, 0.29) is 127 Å². The fourth-order valence-electron chi connectivity index (χ4n) is 17.1. The molecule has 0 spiro atoms. The van der Waals surface area contributed by atoms with Crippen LogP contribution in [0.4, 0.5) is 79.0 Å². The molecule has 0 aromatic carbocycles. The van der Waals surface area contributed by atoms with E-state index in [9.17, 15) is 79.0 Å². The highest BCUT2D eigenvalue weighted by molar-refractivity contribution is 6.49. The summed E-state index contributed by atoms with van der Waals surface area (Å²) in [5, 5.41) is 0. The summed E-state index contributed by atoms with van der Waals surface area (Å²) in [4.78, 5) is 0. The average molecular weight is 1780 g/mol. The normalized spacial score (nSPS) is 28.5. The summed E-state index contributed by atoms with van der Waals surface area (Å²) in [7, 11) is 4.44. The molecule has 11 fully saturated rings. The molecule has 8 saturated carbocycles. The Bertz CT molecular complexity index is 2340. The smallest absolute Gasteiger partial charge is 0.424 e. The zero-order valence-electron chi connectivity index (χ0n) is 65.8. The van der Waals surface area contributed by atoms with Crippen LogP contribution in [0.3, 0.4) is 0 Å². The first-order valence-electron chi connectivity index (χ1n) is 39.3. The monoisotopic (exact) mass is 1780 g/mol. The molecule has 3 saturated heterocycles. The minimum Gasteiger partial charge on any atom is -0.424 e. The second-order valence-corrected chi connectivity index (χ2v) is 42.9. The van der Waals surface area contributed by atoms with Gasteiger partial charge in [0.05, 0.1) is 0 Å². The van der Waals surface area contributed by atoms with E-state index in [4.69, 9.17) is 46.1 Å². The van der Waals surface area contributed by atoms with E-state index in [0.29, 0.717) is 81.8 Å². The third-order valence-corrected chi connectivity index (χ3v) is 27.3. The lowest BCUT2D eigenvalue weighted by Gasteiger charge is -2.42. The number of rotatable bonds is 22. The van der Waals surface area contributed by atoms with E-state index in [2.05, 4.69) is 61.8 Å². The van der Waals surface area contributed by atoms with Crippen LogP contribution < -0.4 is 0 Å². The summed E-state index contributed by atoms with van der Waals surface area (Å²) in [6.07, 6.45) is -16.7. The van der Waals surface area contributed by atoms with Crippen molar-refractivity contribution < 1.29 is 135 Å². The van der Waals surface area contributed by atoms with Crippen LogP contribution in [0, 0.1) is 71.0 Å². The lowest BCUT2D eigenvalue weighted by Crippen LogP contribution is -2.61. The molecule has 8 aliphatic carbocycles. The average Bonchev–Trinajstić information content (AvgIpc) is 1.73. The lowest BCUT2D eigenvalue weighted by atomic mass is 9.79. The van der Waals surface area contributed by atoms with E-state index in [1.165, 1.54) is 26.7 Å². The van der Waals surface area contributed by atoms with Crippen LogP contribution in [0.2, 0.25) is 52.4 Å². The van der Waals surface area contributed by atoms with Gasteiger partial charge in [0.1, 0.15) is 6.79 Å². The molecule has 3 heterocycles. The summed E-state index contributed by atoms with van der Waals surface area (Å²) in [6.45, 7) is 19.9. The van der Waals surface area contributed by atoms with Crippen molar-refractivity contribution in [1.29, 1.82) is 0 Å². The summed E-state index contributed by atoms with van der Waals surface area (Å²) < 4.78 is 301. The first-order chi connectivity index (χ1) is 49.7. The Morgan fingerprint density at radius 1 is 0.348 bits per heavy atom. The highest BCUT2D eigenvalue weighted by atomic mass is 28.3. The highest BCUT2D eigenvalue weighted by Gasteiger charge is 2.75. The van der Waals surface area contributed by atoms with Crippen LogP contribution in [0.25, 0.3) is 0 Å². The topological polar surface area (TPSA) is 111 Å². The van der Waals surface area contributed by atoms with Crippen molar-refractivity contribution in [1.82, 2.24) is 0 Å². The van der Waals surface area contributed by atoms with Gasteiger partial charge in [0, 0.05) is 54.9 Å². The largest absolute Gasteiger partial charge is 0.426 e. The predicted molar refractivity (Wildman–Crippen MR) is 437 cm³/mol. The van der Waals surface area contributed by atoms with E-state index in [0.717, 1.165) is 96.3 Å². The standard InChI is InChI=1S/C16H22F6O2.C16H25F3O2.C15H23F3O2.C14H20F6O2.4C3H10OSi.8CH4/c17-15(18,19)14(16(20,21)22,24-13-3-1-2-6-23-13)9-12-8-10-4-5-11(12)7-10;1-15(16(17,18)19,21-14-4-2-3-7-20-14)10-13-9-11-5-6-12(13)8-11;16-15(17,18)13(20-14-3-1-2-6-19-14)9-12-8-10-4-5-11(12)7-10;1-2-21-8-22-12(13(15,16)17,14(18,19)20)7-11-6-9-3-4-10(11)5-9;4*1-4-5(2)3;;;;;;;;/h10-13H,1-9H2;11-14H,2-10H2,1H3;10-14H,1-9H2;9-11H,2-8H2,1H3;4*5H,1-3H3;8*1H4. The SMILES string of the molecule is C.C.C.C.C.C.C.C.CC(CC1CC2CCC1C2)(OC1CCCCO1)C(F)(F)F.CCOCOC(CC1CC2CCC1C2)(C(F)(F)F)C(F)(F)F.CO[SiH](C)C.CO[SiH](C)C.CO[SiH](C)C.CO[SiH](C)C.FC(F)(F)C(CC1CC2CCC1C2)(OC1CCCCO1)C(F)(F)F.FC(F)(F)C(CC1CC2CCC1C2)OC1CCCCO1. The first kappa shape index (κ1) is 123. The number of halogens is 18. The molecule has 17 unspecified atom stereocenters. The van der Waals surface area contributed by atoms with Crippen LogP contribution >= 0.6 is 0 Å². The number of fused-ring (bicyclic) bond motifs is 8. The van der Waals surface area contributed by atoms with Crippen LogP contribution in [0.1, 0.15) is 259 Å². The van der Waals surface area contributed by atoms with Crippen molar-refractivity contribution in [3.05, 3.63) is 0 Å². The molecular weight excluding hydrogens is 1620 g/mol. The maximum absolute atomic E-state index is 13.6. The van der Waals surface area contributed by atoms with E-state index in [1.807, 2.05) is 0 Å². The Kier molecular flexibility index (Phi) is 59.9. The van der Waals surface area contributed by atoms with Crippen LogP contribution in [-0.4, -0.2) is 177 Å². The molecule has 3 aliphatic heterocycles. The Labute approximate surface area is 691 Å². The zero-order valence-corrected chi connectivity index (χ0v) is 70.4. The van der Waals surface area contributed by atoms with Gasteiger partial charge in [-0.1, -0.05) is 85.1 Å². The first-order valence-corrected chi connectivity index (χ1v) is 50.4. The molecule has 0 radical (unpaired) electrons. The van der Waals surface area contributed by atoms with Crippen molar-refractivity contribution in [3.63, 3.8) is 0 Å². The molecular formula is C81H162F18O12Si4. The Morgan fingerprint density at radius 2 is 0.635 bits per heavy atom. The molecule has 700 valence electrons. The predicted octanol–water partition coefficient (Wildman–Crippen LogP) is 26.4. The number of alkyl halides is 18. The molecule has 0 amide bonds. The summed E-state index contributed by atoms with van der Waals surface area (Å²) in [5.41, 5.74) is -10.3. The maximum Gasteiger partial charge on any atom is 0.426 e. The fourth-order valence-corrected chi connectivity index (χ4v) is 17.1. The maximum atomic E-state index is 13.6. The summed E-state index contributed by atoms with van der Waals surface area (Å²) >= 11 is 0. The van der Waals surface area contributed by atoms with Crippen molar-refractivity contribution in [2.24, 2.45) is 71.0 Å². The molecule has 0 N–H and O–H groups in total. The van der Waals surface area contributed by atoms with Gasteiger partial charge in [-0.25, -0.2) is 0 Å². The molecule has 17 atom stereocenters. The molecule has 12 nitrogen and oxygen atoms in total. The number of ether oxygens (including phenoxy) is 8. The van der Waals surface area contributed by atoms with Gasteiger partial charge in [0.15, 0.2) is 66.7 Å². The molecule has 8 bridgehead atoms. The van der Waals surface area contributed by atoms with Crippen LogP contribution in [0.15, 0.2) is 0 Å². The second kappa shape index (κ2) is 56.2. The van der Waals surface area contributed by atoms with Crippen LogP contribution in [-0.2, 0) is 55.6 Å². The van der Waals surface area contributed by atoms with Crippen molar-refractivity contribution in [2.75, 3.05) is 61.7 Å². The molecule has 11 aliphatic rings. The van der Waals surface area contributed by atoms with Gasteiger partial charge >= 0.3 is 37.1 Å². The Morgan fingerprint density at radius 3 is 0.878 bits per heavy atom. The molecule has 11 rings (SSSR count). The van der Waals surface area contributed by atoms with Gasteiger partial charge in [-0.3, -0.25) is 0 Å². The van der Waals surface area contributed by atoms with E-state index >= 15 is 0 Å². The number of hydrogen-bond acceptors (Lipinski definition) is 12. The zero-order chi connectivity index (χ0) is 80.6. The van der Waals surface area contributed by atoms with Crippen molar-refractivity contribution in [3.8, 4) is 0 Å². The molecule has 0 aromatic heterocycles.